The molecular weight excluding hydrogens is 290 g/mol. The molecule has 0 saturated heterocycles. The van der Waals surface area contributed by atoms with Crippen LogP contribution in [0, 0.1) is 0 Å². The molecular formula is C18H23N3O2. The SMILES string of the molecule is CCOc1cccc(CC(=O)N[C@H](C)CNc2ccccc2)n1. The highest BCUT2D eigenvalue weighted by molar-refractivity contribution is 5.78. The first-order chi connectivity index (χ1) is 11.2. The largest absolute Gasteiger partial charge is 0.478 e. The Hall–Kier alpha value is -2.56. The lowest BCUT2D eigenvalue weighted by molar-refractivity contribution is -0.121. The van der Waals surface area contributed by atoms with Crippen molar-refractivity contribution in [3.8, 4) is 5.88 Å². The highest BCUT2D eigenvalue weighted by atomic mass is 16.5. The maximum absolute atomic E-state index is 12.1. The summed E-state index contributed by atoms with van der Waals surface area (Å²) in [7, 11) is 0. The van der Waals surface area contributed by atoms with E-state index in [4.69, 9.17) is 4.74 Å². The van der Waals surface area contributed by atoms with Crippen molar-refractivity contribution in [3.05, 3.63) is 54.2 Å². The van der Waals surface area contributed by atoms with Gasteiger partial charge in [0, 0.05) is 24.3 Å². The minimum absolute atomic E-state index is 0.0257. The second kappa shape index (κ2) is 8.78. The number of rotatable bonds is 8. The van der Waals surface area contributed by atoms with Gasteiger partial charge in [-0.3, -0.25) is 4.79 Å². The van der Waals surface area contributed by atoms with Crippen LogP contribution in [0.2, 0.25) is 0 Å². The third kappa shape index (κ3) is 5.98. The van der Waals surface area contributed by atoms with Gasteiger partial charge in [0.2, 0.25) is 11.8 Å². The normalized spacial score (nSPS) is 11.6. The molecule has 1 atom stereocenters. The van der Waals surface area contributed by atoms with Gasteiger partial charge in [-0.05, 0) is 32.0 Å². The molecule has 0 aliphatic rings. The third-order valence-corrected chi connectivity index (χ3v) is 3.21. The number of amides is 1. The molecule has 0 aliphatic heterocycles. The highest BCUT2D eigenvalue weighted by Crippen LogP contribution is 2.08. The van der Waals surface area contributed by atoms with E-state index < -0.39 is 0 Å². The monoisotopic (exact) mass is 313 g/mol. The predicted molar refractivity (Wildman–Crippen MR) is 91.6 cm³/mol. The average Bonchev–Trinajstić information content (AvgIpc) is 2.54. The van der Waals surface area contributed by atoms with Crippen molar-refractivity contribution in [2.75, 3.05) is 18.5 Å². The Morgan fingerprint density at radius 1 is 1.17 bits per heavy atom. The van der Waals surface area contributed by atoms with Gasteiger partial charge in [-0.15, -0.1) is 0 Å². The van der Waals surface area contributed by atoms with E-state index in [0.717, 1.165) is 5.69 Å². The number of hydrogen-bond acceptors (Lipinski definition) is 4. The fourth-order valence-corrected chi connectivity index (χ4v) is 2.15. The predicted octanol–water partition coefficient (Wildman–Crippen LogP) is 2.64. The van der Waals surface area contributed by atoms with Crippen molar-refractivity contribution in [1.82, 2.24) is 10.3 Å². The van der Waals surface area contributed by atoms with E-state index in [-0.39, 0.29) is 18.4 Å². The lowest BCUT2D eigenvalue weighted by Crippen LogP contribution is -2.38. The zero-order valence-corrected chi connectivity index (χ0v) is 13.6. The molecule has 122 valence electrons. The quantitative estimate of drug-likeness (QED) is 0.786. The molecule has 2 N–H and O–H groups in total. The fourth-order valence-electron chi connectivity index (χ4n) is 2.15. The van der Waals surface area contributed by atoms with E-state index in [1.807, 2.05) is 56.3 Å². The van der Waals surface area contributed by atoms with Gasteiger partial charge >= 0.3 is 0 Å². The number of aromatic nitrogens is 1. The second-order valence-electron chi connectivity index (χ2n) is 5.29. The Bertz CT molecular complexity index is 617. The Morgan fingerprint density at radius 3 is 2.70 bits per heavy atom. The van der Waals surface area contributed by atoms with E-state index in [9.17, 15) is 4.79 Å². The van der Waals surface area contributed by atoms with Crippen molar-refractivity contribution in [3.63, 3.8) is 0 Å². The minimum atomic E-state index is -0.0477. The maximum Gasteiger partial charge on any atom is 0.226 e. The summed E-state index contributed by atoms with van der Waals surface area (Å²) in [4.78, 5) is 16.4. The molecule has 1 heterocycles. The lowest BCUT2D eigenvalue weighted by Gasteiger charge is -2.15. The van der Waals surface area contributed by atoms with Crippen LogP contribution < -0.4 is 15.4 Å². The van der Waals surface area contributed by atoms with E-state index in [2.05, 4.69) is 15.6 Å². The average molecular weight is 313 g/mol. The number of benzene rings is 1. The molecule has 5 heteroatoms. The standard InChI is InChI=1S/C18H23N3O2/c1-3-23-18-11-7-10-16(21-18)12-17(22)20-14(2)13-19-15-8-5-4-6-9-15/h4-11,14,19H,3,12-13H2,1-2H3,(H,20,22)/t14-/m1/s1. The van der Waals surface area contributed by atoms with Crippen LogP contribution in [0.1, 0.15) is 19.5 Å². The van der Waals surface area contributed by atoms with Gasteiger partial charge in [-0.2, -0.15) is 0 Å². The molecule has 0 saturated carbocycles. The Morgan fingerprint density at radius 2 is 1.96 bits per heavy atom. The minimum Gasteiger partial charge on any atom is -0.478 e. The van der Waals surface area contributed by atoms with Gasteiger partial charge in [0.25, 0.3) is 0 Å². The topological polar surface area (TPSA) is 63.2 Å². The van der Waals surface area contributed by atoms with E-state index >= 15 is 0 Å². The van der Waals surface area contributed by atoms with Crippen molar-refractivity contribution in [2.24, 2.45) is 0 Å². The first-order valence-corrected chi connectivity index (χ1v) is 7.84. The van der Waals surface area contributed by atoms with Gasteiger partial charge in [0.15, 0.2) is 0 Å². The number of carbonyl (C=O) groups excluding carboxylic acids is 1. The smallest absolute Gasteiger partial charge is 0.226 e. The van der Waals surface area contributed by atoms with Crippen LogP contribution >= 0.6 is 0 Å². The summed E-state index contributed by atoms with van der Waals surface area (Å²) in [5, 5.41) is 6.26. The van der Waals surface area contributed by atoms with Gasteiger partial charge in [0.1, 0.15) is 0 Å². The lowest BCUT2D eigenvalue weighted by atomic mass is 10.2. The van der Waals surface area contributed by atoms with Gasteiger partial charge in [-0.1, -0.05) is 24.3 Å². The summed E-state index contributed by atoms with van der Waals surface area (Å²) in [5.41, 5.74) is 1.75. The number of hydrogen-bond donors (Lipinski definition) is 2. The number of para-hydroxylation sites is 1. The van der Waals surface area contributed by atoms with Crippen LogP contribution in [-0.2, 0) is 11.2 Å². The summed E-state index contributed by atoms with van der Waals surface area (Å²) in [5.74, 6) is 0.505. The molecule has 2 rings (SSSR count). The summed E-state index contributed by atoms with van der Waals surface area (Å²) in [6, 6.07) is 15.4. The molecule has 1 amide bonds. The molecule has 2 aromatic rings. The molecule has 23 heavy (non-hydrogen) atoms. The zero-order chi connectivity index (χ0) is 16.5. The van der Waals surface area contributed by atoms with Crippen LogP contribution in [0.4, 0.5) is 5.69 Å². The Balaban J connectivity index is 1.78. The van der Waals surface area contributed by atoms with Crippen molar-refractivity contribution in [2.45, 2.75) is 26.3 Å². The fraction of sp³-hybridized carbons (Fsp3) is 0.333. The summed E-state index contributed by atoms with van der Waals surface area (Å²) >= 11 is 0. The number of anilines is 1. The molecule has 0 fully saturated rings. The first-order valence-electron chi connectivity index (χ1n) is 7.84. The van der Waals surface area contributed by atoms with Crippen LogP contribution in [0.5, 0.6) is 5.88 Å². The number of nitrogens with one attached hydrogen (secondary N) is 2. The van der Waals surface area contributed by atoms with Gasteiger partial charge in [-0.25, -0.2) is 4.98 Å². The Kier molecular flexibility index (Phi) is 6.41. The molecule has 5 nitrogen and oxygen atoms in total. The molecule has 0 unspecified atom stereocenters. The summed E-state index contributed by atoms with van der Waals surface area (Å²) < 4.78 is 5.34. The molecule has 0 aliphatic carbocycles. The number of nitrogens with zero attached hydrogens (tertiary/aromatic N) is 1. The zero-order valence-electron chi connectivity index (χ0n) is 13.6. The van der Waals surface area contributed by atoms with Gasteiger partial charge < -0.3 is 15.4 Å². The molecule has 1 aromatic heterocycles. The maximum atomic E-state index is 12.1. The molecule has 1 aromatic carbocycles. The van der Waals surface area contributed by atoms with Crippen LogP contribution in [0.15, 0.2) is 48.5 Å². The van der Waals surface area contributed by atoms with E-state index in [1.54, 1.807) is 6.07 Å². The van der Waals surface area contributed by atoms with Crippen molar-refractivity contribution in [1.29, 1.82) is 0 Å². The third-order valence-electron chi connectivity index (χ3n) is 3.21. The van der Waals surface area contributed by atoms with E-state index in [0.29, 0.717) is 24.7 Å². The van der Waals surface area contributed by atoms with Crippen LogP contribution in [0.3, 0.4) is 0 Å². The van der Waals surface area contributed by atoms with Crippen LogP contribution in [0.25, 0.3) is 0 Å². The summed E-state index contributed by atoms with van der Waals surface area (Å²) in [6.45, 7) is 5.10. The number of pyridine rings is 1. The molecule has 0 bridgehead atoms. The Labute approximate surface area is 137 Å². The van der Waals surface area contributed by atoms with Gasteiger partial charge in [0.05, 0.1) is 18.7 Å². The molecule has 0 spiro atoms. The number of carbonyl (C=O) groups is 1. The van der Waals surface area contributed by atoms with Crippen molar-refractivity contribution < 1.29 is 9.53 Å². The summed E-state index contributed by atoms with van der Waals surface area (Å²) in [6.07, 6.45) is 0.247. The second-order valence-corrected chi connectivity index (χ2v) is 5.29. The highest BCUT2D eigenvalue weighted by Gasteiger charge is 2.09. The van der Waals surface area contributed by atoms with Crippen molar-refractivity contribution >= 4 is 11.6 Å². The van der Waals surface area contributed by atoms with E-state index in [1.165, 1.54) is 0 Å². The van der Waals surface area contributed by atoms with Crippen LogP contribution in [-0.4, -0.2) is 30.1 Å². The number of ether oxygens (including phenoxy) is 1. The first kappa shape index (κ1) is 16.8. The molecule has 0 radical (unpaired) electrons.